The molecule has 3 aromatic rings. The van der Waals surface area contributed by atoms with E-state index in [9.17, 15) is 19.8 Å². The Morgan fingerprint density at radius 2 is 1.67 bits per heavy atom. The van der Waals surface area contributed by atoms with Gasteiger partial charge in [-0.1, -0.05) is 37.6 Å². The Morgan fingerprint density at radius 3 is 2.25 bits per heavy atom. The third-order valence-electron chi connectivity index (χ3n) is 6.34. The van der Waals surface area contributed by atoms with Crippen LogP contribution in [0.2, 0.25) is 5.02 Å². The summed E-state index contributed by atoms with van der Waals surface area (Å²) in [5, 5.41) is 21.5. The van der Waals surface area contributed by atoms with Gasteiger partial charge < -0.3 is 14.9 Å². The number of halogens is 1. The van der Waals surface area contributed by atoms with Crippen LogP contribution in [0.4, 0.5) is 5.69 Å². The minimum Gasteiger partial charge on any atom is -0.507 e. The normalized spacial score (nSPS) is 17.2. The zero-order valence-corrected chi connectivity index (χ0v) is 21.6. The van der Waals surface area contributed by atoms with E-state index in [-0.39, 0.29) is 28.0 Å². The van der Waals surface area contributed by atoms with Crippen LogP contribution in [0.1, 0.15) is 53.6 Å². The summed E-state index contributed by atoms with van der Waals surface area (Å²) in [7, 11) is 1.57. The number of aryl methyl sites for hydroxylation is 2. The molecule has 1 saturated heterocycles. The minimum absolute atomic E-state index is 0.0548. The Balaban J connectivity index is 1.99. The molecule has 1 aliphatic rings. The van der Waals surface area contributed by atoms with Gasteiger partial charge in [-0.2, -0.15) is 0 Å². The molecule has 0 aliphatic carbocycles. The number of aromatic hydroxyl groups is 1. The van der Waals surface area contributed by atoms with Crippen LogP contribution in [0.5, 0.6) is 11.5 Å². The maximum absolute atomic E-state index is 13.4. The first-order valence-electron chi connectivity index (χ1n) is 11.6. The Bertz CT molecular complexity index is 1390. The molecule has 7 heteroatoms. The predicted molar refractivity (Wildman–Crippen MR) is 141 cm³/mol. The fraction of sp³-hybridized carbons (Fsp3) is 0.241. The first-order valence-corrected chi connectivity index (χ1v) is 12.0. The van der Waals surface area contributed by atoms with E-state index in [4.69, 9.17) is 16.3 Å². The van der Waals surface area contributed by atoms with Gasteiger partial charge in [-0.3, -0.25) is 14.5 Å². The molecule has 0 aromatic heterocycles. The van der Waals surface area contributed by atoms with Crippen molar-refractivity contribution in [2.24, 2.45) is 0 Å². The van der Waals surface area contributed by atoms with E-state index in [2.05, 4.69) is 0 Å². The van der Waals surface area contributed by atoms with Gasteiger partial charge in [-0.15, -0.1) is 0 Å². The van der Waals surface area contributed by atoms with E-state index in [0.717, 1.165) is 16.7 Å². The Morgan fingerprint density at radius 1 is 1.00 bits per heavy atom. The lowest BCUT2D eigenvalue weighted by Gasteiger charge is -2.26. The molecule has 1 aliphatic heterocycles. The molecule has 0 bridgehead atoms. The lowest BCUT2D eigenvalue weighted by Crippen LogP contribution is -2.29. The van der Waals surface area contributed by atoms with Gasteiger partial charge in [0.1, 0.15) is 17.3 Å². The number of carbonyl (C=O) groups excluding carboxylic acids is 2. The predicted octanol–water partition coefficient (Wildman–Crippen LogP) is 6.42. The van der Waals surface area contributed by atoms with Crippen molar-refractivity contribution in [3.63, 3.8) is 0 Å². The summed E-state index contributed by atoms with van der Waals surface area (Å²) < 4.78 is 5.45. The molecule has 0 radical (unpaired) electrons. The number of amides is 1. The Labute approximate surface area is 215 Å². The third-order valence-corrected chi connectivity index (χ3v) is 6.64. The summed E-state index contributed by atoms with van der Waals surface area (Å²) in [5.41, 5.74) is 4.05. The lowest BCUT2D eigenvalue weighted by atomic mass is 9.93. The molecule has 1 fully saturated rings. The second kappa shape index (κ2) is 9.70. The monoisotopic (exact) mass is 505 g/mol. The molecule has 36 heavy (non-hydrogen) atoms. The number of Topliss-reactive ketones (excluding diaryl/α,β-unsaturated/α-hetero) is 1. The van der Waals surface area contributed by atoms with Gasteiger partial charge in [0.25, 0.3) is 11.7 Å². The summed E-state index contributed by atoms with van der Waals surface area (Å²) in [4.78, 5) is 28.2. The molecule has 186 valence electrons. The number of nitrogens with zero attached hydrogens (tertiary/aromatic N) is 1. The number of aliphatic hydroxyl groups excluding tert-OH is 1. The first-order chi connectivity index (χ1) is 17.0. The fourth-order valence-corrected chi connectivity index (χ4v) is 4.87. The molecule has 1 atom stereocenters. The van der Waals surface area contributed by atoms with Crippen LogP contribution in [-0.2, 0) is 9.59 Å². The van der Waals surface area contributed by atoms with Gasteiger partial charge in [0.15, 0.2) is 0 Å². The van der Waals surface area contributed by atoms with Crippen LogP contribution in [-0.4, -0.2) is 29.0 Å². The number of anilines is 1. The van der Waals surface area contributed by atoms with Crippen LogP contribution >= 0.6 is 11.6 Å². The van der Waals surface area contributed by atoms with Gasteiger partial charge >= 0.3 is 0 Å². The van der Waals surface area contributed by atoms with Gasteiger partial charge in [0, 0.05) is 11.3 Å². The van der Waals surface area contributed by atoms with E-state index in [1.54, 1.807) is 31.4 Å². The van der Waals surface area contributed by atoms with E-state index < -0.39 is 17.7 Å². The Hall–Kier alpha value is -3.77. The third kappa shape index (κ3) is 4.44. The topological polar surface area (TPSA) is 87.1 Å². The maximum atomic E-state index is 13.4. The zero-order valence-electron chi connectivity index (χ0n) is 20.8. The van der Waals surface area contributed by atoms with Crippen LogP contribution < -0.4 is 9.64 Å². The number of carbonyl (C=O) groups is 2. The molecule has 0 saturated carbocycles. The van der Waals surface area contributed by atoms with Gasteiger partial charge in [0.2, 0.25) is 0 Å². The molecule has 1 amide bonds. The van der Waals surface area contributed by atoms with Crippen molar-refractivity contribution in [2.45, 2.75) is 39.7 Å². The number of ether oxygens (including phenoxy) is 1. The molecule has 1 heterocycles. The van der Waals surface area contributed by atoms with Crippen molar-refractivity contribution >= 4 is 34.7 Å². The molecule has 3 aromatic carbocycles. The highest BCUT2D eigenvalue weighted by atomic mass is 35.5. The SMILES string of the molecule is COc1ccc(/C(O)=C2/C(=O)C(=O)N(c3cc(C)cc(C)c3)C2c2ccc(O)c(Cl)c2)cc1C(C)C. The van der Waals surface area contributed by atoms with E-state index >= 15 is 0 Å². The molecular weight excluding hydrogens is 478 g/mol. The van der Waals surface area contributed by atoms with Gasteiger partial charge in [-0.25, -0.2) is 0 Å². The van der Waals surface area contributed by atoms with E-state index in [1.807, 2.05) is 45.9 Å². The van der Waals surface area contributed by atoms with Crippen molar-refractivity contribution in [1.29, 1.82) is 0 Å². The number of hydrogen-bond acceptors (Lipinski definition) is 5. The summed E-state index contributed by atoms with van der Waals surface area (Å²) in [6.07, 6.45) is 0. The molecule has 4 rings (SSSR count). The van der Waals surface area contributed by atoms with Crippen molar-refractivity contribution in [3.8, 4) is 11.5 Å². The molecule has 2 N–H and O–H groups in total. The lowest BCUT2D eigenvalue weighted by molar-refractivity contribution is -0.132. The average molecular weight is 506 g/mol. The second-order valence-electron chi connectivity index (χ2n) is 9.34. The summed E-state index contributed by atoms with van der Waals surface area (Å²) in [5.74, 6) is -1.22. The number of hydrogen-bond donors (Lipinski definition) is 2. The molecule has 6 nitrogen and oxygen atoms in total. The maximum Gasteiger partial charge on any atom is 0.300 e. The largest absolute Gasteiger partial charge is 0.507 e. The summed E-state index contributed by atoms with van der Waals surface area (Å²) in [6.45, 7) is 7.81. The number of phenolic OH excluding ortho intramolecular Hbond substituents is 1. The highest BCUT2D eigenvalue weighted by molar-refractivity contribution is 6.51. The van der Waals surface area contributed by atoms with Gasteiger partial charge in [-0.05, 0) is 84.5 Å². The number of ketones is 1. The Kier molecular flexibility index (Phi) is 6.83. The van der Waals surface area contributed by atoms with Gasteiger partial charge in [0.05, 0.1) is 23.7 Å². The first kappa shape index (κ1) is 25.3. The van der Waals surface area contributed by atoms with Crippen molar-refractivity contribution in [2.75, 3.05) is 12.0 Å². The van der Waals surface area contributed by atoms with Crippen molar-refractivity contribution < 1.29 is 24.5 Å². The van der Waals surface area contributed by atoms with Crippen LogP contribution in [0.15, 0.2) is 60.2 Å². The summed E-state index contributed by atoms with van der Waals surface area (Å²) >= 11 is 6.21. The minimum atomic E-state index is -0.950. The fourth-order valence-electron chi connectivity index (χ4n) is 4.69. The number of phenols is 1. The van der Waals surface area contributed by atoms with Crippen LogP contribution in [0.3, 0.4) is 0 Å². The van der Waals surface area contributed by atoms with Crippen LogP contribution in [0, 0.1) is 13.8 Å². The number of rotatable bonds is 5. The molecule has 1 unspecified atom stereocenters. The van der Waals surface area contributed by atoms with E-state index in [0.29, 0.717) is 22.6 Å². The highest BCUT2D eigenvalue weighted by Crippen LogP contribution is 2.44. The number of aliphatic hydroxyl groups is 1. The standard InChI is InChI=1S/C29H28ClNO5/c1-15(2)21-13-19(7-9-24(21)36-5)27(33)25-26(18-6-8-23(32)22(30)14-18)31(29(35)28(25)34)20-11-16(3)10-17(4)12-20/h6-15,26,32-33H,1-5H3/b27-25-. The van der Waals surface area contributed by atoms with Crippen LogP contribution in [0.25, 0.3) is 5.76 Å². The average Bonchev–Trinajstić information content (AvgIpc) is 3.09. The smallest absolute Gasteiger partial charge is 0.300 e. The zero-order chi connectivity index (χ0) is 26.3. The number of benzene rings is 3. The number of methoxy groups -OCH3 is 1. The molecule has 0 spiro atoms. The summed E-state index contributed by atoms with van der Waals surface area (Å²) in [6, 6.07) is 14.3. The quantitative estimate of drug-likeness (QED) is 0.237. The highest BCUT2D eigenvalue weighted by Gasteiger charge is 2.47. The second-order valence-corrected chi connectivity index (χ2v) is 9.74. The van der Waals surface area contributed by atoms with Crippen molar-refractivity contribution in [1.82, 2.24) is 0 Å². The van der Waals surface area contributed by atoms with Crippen molar-refractivity contribution in [3.05, 3.63) is 93.0 Å². The van der Waals surface area contributed by atoms with E-state index in [1.165, 1.54) is 17.0 Å². The molecular formula is C29H28ClNO5.